The predicted molar refractivity (Wildman–Crippen MR) is 77.2 cm³/mol. The lowest BCUT2D eigenvalue weighted by molar-refractivity contribution is -0.163. The maximum atomic E-state index is 12.5. The van der Waals surface area contributed by atoms with E-state index in [1.807, 2.05) is 30.3 Å². The first-order valence-electron chi connectivity index (χ1n) is 7.27. The van der Waals surface area contributed by atoms with Gasteiger partial charge in [-0.1, -0.05) is 30.3 Å². The summed E-state index contributed by atoms with van der Waals surface area (Å²) in [5.41, 5.74) is 6.04. The van der Waals surface area contributed by atoms with E-state index < -0.39 is 11.5 Å². The van der Waals surface area contributed by atoms with Gasteiger partial charge in [0, 0.05) is 12.5 Å². The molecule has 0 amide bonds. The first-order chi connectivity index (χ1) is 9.66. The summed E-state index contributed by atoms with van der Waals surface area (Å²) < 4.78 is 5.25. The Morgan fingerprint density at radius 2 is 2.20 bits per heavy atom. The van der Waals surface area contributed by atoms with Gasteiger partial charge in [0.05, 0.1) is 12.7 Å². The van der Waals surface area contributed by atoms with Gasteiger partial charge in [0.25, 0.3) is 0 Å². The highest BCUT2D eigenvalue weighted by atomic mass is 16.5. The van der Waals surface area contributed by atoms with Crippen molar-refractivity contribution in [2.75, 3.05) is 13.2 Å². The molecule has 1 saturated carbocycles. The van der Waals surface area contributed by atoms with Crippen molar-refractivity contribution >= 4 is 5.97 Å². The van der Waals surface area contributed by atoms with Crippen LogP contribution < -0.4 is 5.73 Å². The molecule has 0 aromatic heterocycles. The summed E-state index contributed by atoms with van der Waals surface area (Å²) in [7, 11) is 0. The van der Waals surface area contributed by atoms with Crippen LogP contribution in [0.4, 0.5) is 0 Å². The highest BCUT2D eigenvalue weighted by Gasteiger charge is 2.54. The zero-order valence-electron chi connectivity index (χ0n) is 11.9. The van der Waals surface area contributed by atoms with E-state index in [2.05, 4.69) is 0 Å². The Morgan fingerprint density at radius 1 is 1.50 bits per heavy atom. The number of benzene rings is 1. The van der Waals surface area contributed by atoms with Gasteiger partial charge >= 0.3 is 5.97 Å². The monoisotopic (exact) mass is 277 g/mol. The van der Waals surface area contributed by atoms with E-state index in [-0.39, 0.29) is 11.9 Å². The van der Waals surface area contributed by atoms with Gasteiger partial charge in [-0.2, -0.15) is 0 Å². The fraction of sp³-hybridized carbons (Fsp3) is 0.562. The number of hydrogen-bond acceptors (Lipinski definition) is 4. The van der Waals surface area contributed by atoms with E-state index in [4.69, 9.17) is 10.5 Å². The Kier molecular flexibility index (Phi) is 4.78. The fourth-order valence-corrected chi connectivity index (χ4v) is 3.39. The van der Waals surface area contributed by atoms with Crippen LogP contribution in [-0.2, 0) is 9.53 Å². The lowest BCUT2D eigenvalue weighted by Gasteiger charge is -2.37. The molecule has 1 aromatic carbocycles. The quantitative estimate of drug-likeness (QED) is 0.805. The molecule has 2 rings (SSSR count). The number of rotatable bonds is 5. The molecule has 0 aliphatic heterocycles. The lowest BCUT2D eigenvalue weighted by Crippen LogP contribution is -2.47. The normalized spacial score (nSPS) is 27.2. The molecule has 4 nitrogen and oxygen atoms in total. The summed E-state index contributed by atoms with van der Waals surface area (Å²) >= 11 is 0. The second kappa shape index (κ2) is 6.37. The van der Waals surface area contributed by atoms with Crippen LogP contribution in [0.2, 0.25) is 0 Å². The highest BCUT2D eigenvalue weighted by molar-refractivity contribution is 5.79. The van der Waals surface area contributed by atoms with Crippen LogP contribution in [0.1, 0.15) is 37.7 Å². The number of ether oxygens (including phenoxy) is 1. The number of esters is 1. The second-order valence-corrected chi connectivity index (χ2v) is 5.37. The molecule has 0 saturated heterocycles. The number of nitrogens with two attached hydrogens (primary N) is 1. The Balaban J connectivity index is 2.42. The molecular formula is C16H23NO3. The Bertz CT molecular complexity index is 448. The van der Waals surface area contributed by atoms with Crippen molar-refractivity contribution in [3.05, 3.63) is 35.9 Å². The van der Waals surface area contributed by atoms with E-state index >= 15 is 0 Å². The molecule has 110 valence electrons. The molecule has 1 aromatic rings. The van der Waals surface area contributed by atoms with Crippen molar-refractivity contribution in [2.24, 2.45) is 11.1 Å². The highest BCUT2D eigenvalue weighted by Crippen LogP contribution is 2.49. The van der Waals surface area contributed by atoms with Crippen LogP contribution in [0.25, 0.3) is 0 Å². The number of aliphatic hydroxyl groups excluding tert-OH is 1. The SMILES string of the molecule is CCOC(=O)[C@]1([C@@H](CN)c2ccccc2)CCC[C@H]1O. The zero-order chi connectivity index (χ0) is 14.6. The number of carbonyl (C=O) groups is 1. The molecule has 3 N–H and O–H groups in total. The van der Waals surface area contributed by atoms with E-state index in [1.54, 1.807) is 6.92 Å². The molecule has 20 heavy (non-hydrogen) atoms. The zero-order valence-corrected chi connectivity index (χ0v) is 11.9. The summed E-state index contributed by atoms with van der Waals surface area (Å²) in [4.78, 5) is 12.5. The number of carbonyl (C=O) groups excluding carboxylic acids is 1. The largest absolute Gasteiger partial charge is 0.465 e. The van der Waals surface area contributed by atoms with Gasteiger partial charge in [-0.25, -0.2) is 0 Å². The molecule has 0 bridgehead atoms. The fourth-order valence-electron chi connectivity index (χ4n) is 3.39. The Morgan fingerprint density at radius 3 is 2.70 bits per heavy atom. The average Bonchev–Trinajstić information content (AvgIpc) is 2.84. The van der Waals surface area contributed by atoms with Crippen LogP contribution in [-0.4, -0.2) is 30.3 Å². The molecule has 0 unspecified atom stereocenters. The Hall–Kier alpha value is -1.39. The van der Waals surface area contributed by atoms with E-state index in [0.717, 1.165) is 12.0 Å². The van der Waals surface area contributed by atoms with Crippen molar-refractivity contribution in [2.45, 2.75) is 38.2 Å². The minimum Gasteiger partial charge on any atom is -0.465 e. The van der Waals surface area contributed by atoms with Gasteiger partial charge in [-0.3, -0.25) is 4.79 Å². The minimum absolute atomic E-state index is 0.208. The van der Waals surface area contributed by atoms with E-state index in [0.29, 0.717) is 26.0 Å². The van der Waals surface area contributed by atoms with Crippen molar-refractivity contribution in [1.82, 2.24) is 0 Å². The Labute approximate surface area is 119 Å². The van der Waals surface area contributed by atoms with Crippen LogP contribution >= 0.6 is 0 Å². The molecule has 1 aliphatic carbocycles. The molecule has 1 aliphatic rings. The summed E-state index contributed by atoms with van der Waals surface area (Å²) in [6.07, 6.45) is 1.39. The van der Waals surface area contributed by atoms with E-state index in [1.165, 1.54) is 0 Å². The third kappa shape index (κ3) is 2.45. The van der Waals surface area contributed by atoms with Crippen LogP contribution in [0.15, 0.2) is 30.3 Å². The van der Waals surface area contributed by atoms with Crippen molar-refractivity contribution in [3.8, 4) is 0 Å². The van der Waals surface area contributed by atoms with Gasteiger partial charge < -0.3 is 15.6 Å². The summed E-state index contributed by atoms with van der Waals surface area (Å²) in [5.74, 6) is -0.524. The molecule has 3 atom stereocenters. The maximum absolute atomic E-state index is 12.5. The standard InChI is InChI=1S/C16H23NO3/c1-2-20-15(19)16(10-6-9-14(16)18)13(11-17)12-7-4-3-5-8-12/h3-5,7-8,13-14,18H,2,6,9-11,17H2,1H3/t13-,14+,16-/m0/s1. The minimum atomic E-state index is -0.897. The van der Waals surface area contributed by atoms with Crippen molar-refractivity contribution in [1.29, 1.82) is 0 Å². The molecule has 4 heteroatoms. The molecule has 0 spiro atoms. The molecular weight excluding hydrogens is 254 g/mol. The van der Waals surface area contributed by atoms with Crippen LogP contribution in [0.3, 0.4) is 0 Å². The third-order valence-electron chi connectivity index (χ3n) is 4.38. The van der Waals surface area contributed by atoms with Gasteiger partial charge in [0.1, 0.15) is 5.41 Å². The van der Waals surface area contributed by atoms with Gasteiger partial charge in [0.15, 0.2) is 0 Å². The van der Waals surface area contributed by atoms with Crippen molar-refractivity contribution < 1.29 is 14.6 Å². The van der Waals surface area contributed by atoms with Crippen molar-refractivity contribution in [3.63, 3.8) is 0 Å². The smallest absolute Gasteiger partial charge is 0.315 e. The first-order valence-corrected chi connectivity index (χ1v) is 7.27. The van der Waals surface area contributed by atoms with Crippen LogP contribution in [0, 0.1) is 5.41 Å². The average molecular weight is 277 g/mol. The predicted octanol–water partition coefficient (Wildman–Crippen LogP) is 1.82. The molecule has 1 fully saturated rings. The lowest BCUT2D eigenvalue weighted by atomic mass is 9.69. The molecule has 0 heterocycles. The molecule has 0 radical (unpaired) electrons. The summed E-state index contributed by atoms with van der Waals surface area (Å²) in [6, 6.07) is 9.71. The summed E-state index contributed by atoms with van der Waals surface area (Å²) in [5, 5.41) is 10.4. The third-order valence-corrected chi connectivity index (χ3v) is 4.38. The maximum Gasteiger partial charge on any atom is 0.315 e. The number of hydrogen-bond donors (Lipinski definition) is 2. The number of aliphatic hydroxyl groups is 1. The van der Waals surface area contributed by atoms with Gasteiger partial charge in [-0.15, -0.1) is 0 Å². The van der Waals surface area contributed by atoms with Gasteiger partial charge in [-0.05, 0) is 31.7 Å². The van der Waals surface area contributed by atoms with E-state index in [9.17, 15) is 9.90 Å². The first kappa shape index (κ1) is 15.0. The topological polar surface area (TPSA) is 72.5 Å². The second-order valence-electron chi connectivity index (χ2n) is 5.37. The van der Waals surface area contributed by atoms with Gasteiger partial charge in [0.2, 0.25) is 0 Å². The summed E-state index contributed by atoms with van der Waals surface area (Å²) in [6.45, 7) is 2.42. The van der Waals surface area contributed by atoms with Crippen LogP contribution in [0.5, 0.6) is 0 Å².